The molecule has 0 radical (unpaired) electrons. The van der Waals surface area contributed by atoms with E-state index in [4.69, 9.17) is 10.00 Å². The van der Waals surface area contributed by atoms with Crippen molar-refractivity contribution in [2.75, 3.05) is 11.9 Å². The molecule has 0 bridgehead atoms. The van der Waals surface area contributed by atoms with Gasteiger partial charge in [0.1, 0.15) is 11.8 Å². The molecule has 0 aliphatic carbocycles. The lowest BCUT2D eigenvalue weighted by atomic mass is 10.1. The molecule has 0 saturated carbocycles. The Bertz CT molecular complexity index is 957. The number of anilines is 1. The Balaban J connectivity index is 1.69. The van der Waals surface area contributed by atoms with E-state index < -0.39 is 0 Å². The largest absolute Gasteiger partial charge is 0.482 e. The van der Waals surface area contributed by atoms with Crippen LogP contribution >= 0.6 is 11.3 Å². The molecule has 3 rings (SSSR count). The molecule has 5 nitrogen and oxygen atoms in total. The number of carbonyl (C=O) groups excluding carboxylic acids is 1. The monoisotopic (exact) mass is 337 g/mol. The Kier molecular flexibility index (Phi) is 4.45. The lowest BCUT2D eigenvalue weighted by molar-refractivity contribution is -0.118. The third-order valence-electron chi connectivity index (χ3n) is 3.44. The highest BCUT2D eigenvalue weighted by Crippen LogP contribution is 2.29. The molecule has 1 N–H and O–H groups in total. The standard InChI is InChI=1S/C18H15N3O2S/c1-11-7-12(2)17-15(8-11)24-18(21-17)20-16(22)10-23-14-6-4-3-5-13(14)9-19/h3-8H,10H2,1-2H3,(H,20,21,22). The number of para-hydroxylation sites is 1. The minimum Gasteiger partial charge on any atom is -0.482 e. The molecule has 0 fully saturated rings. The van der Waals surface area contributed by atoms with E-state index in [2.05, 4.69) is 22.4 Å². The number of benzene rings is 2. The van der Waals surface area contributed by atoms with E-state index in [0.717, 1.165) is 21.3 Å². The van der Waals surface area contributed by atoms with E-state index in [1.807, 2.05) is 19.9 Å². The maximum Gasteiger partial charge on any atom is 0.264 e. The van der Waals surface area contributed by atoms with Crippen molar-refractivity contribution in [3.8, 4) is 11.8 Å². The van der Waals surface area contributed by atoms with E-state index >= 15 is 0 Å². The van der Waals surface area contributed by atoms with E-state index in [-0.39, 0.29) is 12.5 Å². The lowest BCUT2D eigenvalue weighted by Gasteiger charge is -2.06. The number of aryl methyl sites for hydroxylation is 2. The van der Waals surface area contributed by atoms with Gasteiger partial charge in [0, 0.05) is 0 Å². The van der Waals surface area contributed by atoms with Gasteiger partial charge in [-0.05, 0) is 43.2 Å². The van der Waals surface area contributed by atoms with Crippen molar-refractivity contribution < 1.29 is 9.53 Å². The highest BCUT2D eigenvalue weighted by Gasteiger charge is 2.11. The van der Waals surface area contributed by atoms with Crippen LogP contribution in [-0.2, 0) is 4.79 Å². The maximum absolute atomic E-state index is 12.1. The van der Waals surface area contributed by atoms with Crippen LogP contribution in [0.2, 0.25) is 0 Å². The van der Waals surface area contributed by atoms with Crippen LogP contribution in [0, 0.1) is 25.2 Å². The first kappa shape index (κ1) is 16.0. The maximum atomic E-state index is 12.1. The zero-order chi connectivity index (χ0) is 17.1. The van der Waals surface area contributed by atoms with Gasteiger partial charge in [-0.1, -0.05) is 29.5 Å². The topological polar surface area (TPSA) is 75.0 Å². The Morgan fingerprint density at radius 2 is 2.12 bits per heavy atom. The highest BCUT2D eigenvalue weighted by molar-refractivity contribution is 7.22. The van der Waals surface area contributed by atoms with E-state index in [9.17, 15) is 4.79 Å². The number of nitrogens with zero attached hydrogens (tertiary/aromatic N) is 2. The molecule has 6 heteroatoms. The predicted molar refractivity (Wildman–Crippen MR) is 94.4 cm³/mol. The third-order valence-corrected chi connectivity index (χ3v) is 4.36. The van der Waals surface area contributed by atoms with Gasteiger partial charge in [-0.3, -0.25) is 10.1 Å². The minimum absolute atomic E-state index is 0.174. The summed E-state index contributed by atoms with van der Waals surface area (Å²) < 4.78 is 6.46. The zero-order valence-electron chi connectivity index (χ0n) is 13.3. The lowest BCUT2D eigenvalue weighted by Crippen LogP contribution is -2.20. The van der Waals surface area contributed by atoms with Gasteiger partial charge in [0.25, 0.3) is 5.91 Å². The van der Waals surface area contributed by atoms with Gasteiger partial charge in [0.05, 0.1) is 15.8 Å². The van der Waals surface area contributed by atoms with Crippen LogP contribution in [0.3, 0.4) is 0 Å². The van der Waals surface area contributed by atoms with Crippen molar-refractivity contribution in [3.63, 3.8) is 0 Å². The fourth-order valence-electron chi connectivity index (χ4n) is 2.41. The number of nitriles is 1. The molecule has 1 aromatic heterocycles. The Morgan fingerprint density at radius 3 is 2.92 bits per heavy atom. The normalized spacial score (nSPS) is 10.4. The van der Waals surface area contributed by atoms with Crippen LogP contribution in [0.25, 0.3) is 10.2 Å². The third kappa shape index (κ3) is 3.36. The predicted octanol–water partition coefficient (Wildman–Crippen LogP) is 3.80. The van der Waals surface area contributed by atoms with Crippen molar-refractivity contribution >= 4 is 32.6 Å². The number of hydrogen-bond donors (Lipinski definition) is 1. The Morgan fingerprint density at radius 1 is 1.33 bits per heavy atom. The summed E-state index contributed by atoms with van der Waals surface area (Å²) >= 11 is 1.43. The average molecular weight is 337 g/mol. The van der Waals surface area contributed by atoms with Crippen LogP contribution in [-0.4, -0.2) is 17.5 Å². The Labute approximate surface area is 143 Å². The zero-order valence-corrected chi connectivity index (χ0v) is 14.1. The van der Waals surface area contributed by atoms with Crippen LogP contribution in [0.1, 0.15) is 16.7 Å². The quantitative estimate of drug-likeness (QED) is 0.785. The van der Waals surface area contributed by atoms with Gasteiger partial charge >= 0.3 is 0 Å². The fourth-order valence-corrected chi connectivity index (χ4v) is 3.47. The fraction of sp³-hybridized carbons (Fsp3) is 0.167. The van der Waals surface area contributed by atoms with E-state index in [0.29, 0.717) is 16.4 Å². The first-order valence-electron chi connectivity index (χ1n) is 7.36. The second-order valence-corrected chi connectivity index (χ2v) is 6.42. The summed E-state index contributed by atoms with van der Waals surface area (Å²) in [5, 5.41) is 12.3. The number of aromatic nitrogens is 1. The Hall–Kier alpha value is -2.91. The second-order valence-electron chi connectivity index (χ2n) is 5.39. The molecule has 0 unspecified atom stereocenters. The molecule has 0 atom stereocenters. The molecular formula is C18H15N3O2S. The molecule has 0 saturated heterocycles. The van der Waals surface area contributed by atoms with Gasteiger partial charge in [0.15, 0.2) is 11.7 Å². The van der Waals surface area contributed by atoms with Crippen LogP contribution in [0.5, 0.6) is 5.75 Å². The van der Waals surface area contributed by atoms with Gasteiger partial charge in [-0.25, -0.2) is 4.98 Å². The summed E-state index contributed by atoms with van der Waals surface area (Å²) in [5.41, 5.74) is 3.55. The molecule has 120 valence electrons. The first-order valence-corrected chi connectivity index (χ1v) is 8.18. The summed E-state index contributed by atoms with van der Waals surface area (Å²) in [6, 6.07) is 13.0. The molecular weight excluding hydrogens is 322 g/mol. The summed E-state index contributed by atoms with van der Waals surface area (Å²) in [5.74, 6) is 0.0853. The number of ether oxygens (including phenoxy) is 1. The number of amides is 1. The molecule has 1 amide bonds. The number of fused-ring (bicyclic) bond motifs is 1. The minimum atomic E-state index is -0.309. The van der Waals surface area contributed by atoms with Crippen LogP contribution in [0.15, 0.2) is 36.4 Å². The van der Waals surface area contributed by atoms with Crippen molar-refractivity contribution in [1.82, 2.24) is 4.98 Å². The molecule has 0 aliphatic rings. The summed E-state index contributed by atoms with van der Waals surface area (Å²) in [7, 11) is 0. The summed E-state index contributed by atoms with van der Waals surface area (Å²) in [4.78, 5) is 16.5. The molecule has 1 heterocycles. The molecule has 0 spiro atoms. The highest BCUT2D eigenvalue weighted by atomic mass is 32.1. The molecule has 0 aliphatic heterocycles. The number of rotatable bonds is 4. The summed E-state index contributed by atoms with van der Waals surface area (Å²) in [6.45, 7) is 3.86. The number of hydrogen-bond acceptors (Lipinski definition) is 5. The van der Waals surface area contributed by atoms with Crippen molar-refractivity contribution in [2.24, 2.45) is 0 Å². The molecule has 2 aromatic carbocycles. The van der Waals surface area contributed by atoms with Crippen molar-refractivity contribution in [3.05, 3.63) is 53.1 Å². The van der Waals surface area contributed by atoms with Crippen LogP contribution < -0.4 is 10.1 Å². The SMILES string of the molecule is Cc1cc(C)c2nc(NC(=O)COc3ccccc3C#N)sc2c1. The number of carbonyl (C=O) groups is 1. The molecule has 3 aromatic rings. The number of nitrogens with one attached hydrogen (secondary N) is 1. The van der Waals surface area contributed by atoms with Crippen molar-refractivity contribution in [1.29, 1.82) is 5.26 Å². The second kappa shape index (κ2) is 6.69. The van der Waals surface area contributed by atoms with E-state index in [1.54, 1.807) is 24.3 Å². The smallest absolute Gasteiger partial charge is 0.264 e. The van der Waals surface area contributed by atoms with E-state index in [1.165, 1.54) is 11.3 Å². The van der Waals surface area contributed by atoms with Gasteiger partial charge < -0.3 is 4.74 Å². The average Bonchev–Trinajstić information content (AvgIpc) is 2.95. The van der Waals surface area contributed by atoms with Gasteiger partial charge in [-0.15, -0.1) is 0 Å². The molecule has 24 heavy (non-hydrogen) atoms. The van der Waals surface area contributed by atoms with Crippen molar-refractivity contribution in [2.45, 2.75) is 13.8 Å². The number of thiazole rings is 1. The van der Waals surface area contributed by atoms with Crippen LogP contribution in [0.4, 0.5) is 5.13 Å². The first-order chi connectivity index (χ1) is 11.6. The van der Waals surface area contributed by atoms with Gasteiger partial charge in [0.2, 0.25) is 0 Å². The van der Waals surface area contributed by atoms with Gasteiger partial charge in [-0.2, -0.15) is 5.26 Å². The summed E-state index contributed by atoms with van der Waals surface area (Å²) in [6.07, 6.45) is 0.